The lowest BCUT2D eigenvalue weighted by Gasteiger charge is -2.24. The number of amides is 1. The van der Waals surface area contributed by atoms with Gasteiger partial charge in [0.15, 0.2) is 0 Å². The minimum absolute atomic E-state index is 0.138. The van der Waals surface area contributed by atoms with Crippen LogP contribution in [0.15, 0.2) is 77.7 Å². The lowest BCUT2D eigenvalue weighted by Crippen LogP contribution is -2.40. The predicted octanol–water partition coefficient (Wildman–Crippen LogP) is 4.21. The van der Waals surface area contributed by atoms with Crippen LogP contribution in [0.5, 0.6) is 5.75 Å². The molecule has 0 aliphatic rings. The van der Waals surface area contributed by atoms with Crippen molar-refractivity contribution in [2.45, 2.75) is 32.2 Å². The SMILES string of the molecule is CCOc1ccccc1CNC(=O)CN(c1cccc(C)c1)S(=O)(=O)c1ccc(C)cc1. The summed E-state index contributed by atoms with van der Waals surface area (Å²) in [6.45, 7) is 6.08. The van der Waals surface area contributed by atoms with Crippen molar-refractivity contribution < 1.29 is 17.9 Å². The van der Waals surface area contributed by atoms with Crippen molar-refractivity contribution in [3.05, 3.63) is 89.5 Å². The Labute approximate surface area is 189 Å². The molecule has 3 aromatic carbocycles. The summed E-state index contributed by atoms with van der Waals surface area (Å²) in [6, 6.07) is 21.1. The zero-order valence-electron chi connectivity index (χ0n) is 18.5. The van der Waals surface area contributed by atoms with Gasteiger partial charge in [0.25, 0.3) is 10.0 Å². The summed E-state index contributed by atoms with van der Waals surface area (Å²) in [5.41, 5.74) is 3.12. The summed E-state index contributed by atoms with van der Waals surface area (Å²) >= 11 is 0. The van der Waals surface area contributed by atoms with E-state index < -0.39 is 15.9 Å². The van der Waals surface area contributed by atoms with Crippen LogP contribution in [0, 0.1) is 13.8 Å². The first-order chi connectivity index (χ1) is 15.3. The summed E-state index contributed by atoms with van der Waals surface area (Å²) in [5.74, 6) is 0.284. The molecule has 3 rings (SSSR count). The van der Waals surface area contributed by atoms with Crippen molar-refractivity contribution in [3.63, 3.8) is 0 Å². The van der Waals surface area contributed by atoms with E-state index in [1.54, 1.807) is 42.5 Å². The van der Waals surface area contributed by atoms with Gasteiger partial charge in [-0.15, -0.1) is 0 Å². The summed E-state index contributed by atoms with van der Waals surface area (Å²) in [6.07, 6.45) is 0. The topological polar surface area (TPSA) is 75.7 Å². The minimum Gasteiger partial charge on any atom is -0.494 e. The lowest BCUT2D eigenvalue weighted by atomic mass is 10.2. The smallest absolute Gasteiger partial charge is 0.264 e. The van der Waals surface area contributed by atoms with E-state index in [0.717, 1.165) is 21.0 Å². The van der Waals surface area contributed by atoms with E-state index >= 15 is 0 Å². The van der Waals surface area contributed by atoms with Crippen molar-refractivity contribution in [3.8, 4) is 5.75 Å². The Morgan fingerprint density at radius 1 is 0.938 bits per heavy atom. The normalized spacial score (nSPS) is 11.1. The molecule has 0 aromatic heterocycles. The van der Waals surface area contributed by atoms with E-state index in [4.69, 9.17) is 4.74 Å². The number of benzene rings is 3. The van der Waals surface area contributed by atoms with Crippen LogP contribution in [0.2, 0.25) is 0 Å². The number of nitrogens with zero attached hydrogens (tertiary/aromatic N) is 1. The van der Waals surface area contributed by atoms with E-state index in [9.17, 15) is 13.2 Å². The third kappa shape index (κ3) is 5.68. The summed E-state index contributed by atoms with van der Waals surface area (Å²) in [7, 11) is -3.93. The monoisotopic (exact) mass is 452 g/mol. The highest BCUT2D eigenvalue weighted by Gasteiger charge is 2.27. The maximum atomic E-state index is 13.4. The molecule has 0 saturated heterocycles. The van der Waals surface area contributed by atoms with Gasteiger partial charge in [-0.3, -0.25) is 9.10 Å². The maximum absolute atomic E-state index is 13.4. The van der Waals surface area contributed by atoms with Gasteiger partial charge >= 0.3 is 0 Å². The molecule has 1 amide bonds. The number of hydrogen-bond acceptors (Lipinski definition) is 4. The molecule has 0 saturated carbocycles. The molecular formula is C25H28N2O4S. The molecular weight excluding hydrogens is 424 g/mol. The van der Waals surface area contributed by atoms with Crippen LogP contribution < -0.4 is 14.4 Å². The van der Waals surface area contributed by atoms with Crippen LogP contribution in [-0.2, 0) is 21.4 Å². The largest absolute Gasteiger partial charge is 0.494 e. The molecule has 0 heterocycles. The maximum Gasteiger partial charge on any atom is 0.264 e. The van der Waals surface area contributed by atoms with Gasteiger partial charge in [0.1, 0.15) is 12.3 Å². The van der Waals surface area contributed by atoms with E-state index in [-0.39, 0.29) is 18.0 Å². The van der Waals surface area contributed by atoms with E-state index in [0.29, 0.717) is 18.0 Å². The molecule has 7 heteroatoms. The number of aryl methyl sites for hydroxylation is 2. The van der Waals surface area contributed by atoms with Crippen LogP contribution in [0.25, 0.3) is 0 Å². The number of hydrogen-bond donors (Lipinski definition) is 1. The first-order valence-corrected chi connectivity index (χ1v) is 11.9. The van der Waals surface area contributed by atoms with Crippen molar-refractivity contribution in [1.82, 2.24) is 5.32 Å². The van der Waals surface area contributed by atoms with Gasteiger partial charge in [-0.1, -0.05) is 48.0 Å². The third-order valence-corrected chi connectivity index (χ3v) is 6.72. The molecule has 6 nitrogen and oxygen atoms in total. The highest BCUT2D eigenvalue weighted by atomic mass is 32.2. The average Bonchev–Trinajstić information content (AvgIpc) is 2.77. The first kappa shape index (κ1) is 23.3. The number of para-hydroxylation sites is 1. The second kappa shape index (κ2) is 10.3. The molecule has 0 spiro atoms. The molecule has 3 aromatic rings. The Hall–Kier alpha value is -3.32. The van der Waals surface area contributed by atoms with Gasteiger partial charge in [-0.05, 0) is 56.7 Å². The average molecular weight is 453 g/mol. The molecule has 0 atom stereocenters. The number of nitrogens with one attached hydrogen (secondary N) is 1. The molecule has 1 N–H and O–H groups in total. The molecule has 0 fully saturated rings. The van der Waals surface area contributed by atoms with Crippen molar-refractivity contribution >= 4 is 21.6 Å². The predicted molar refractivity (Wildman–Crippen MR) is 126 cm³/mol. The van der Waals surface area contributed by atoms with Crippen LogP contribution in [-0.4, -0.2) is 27.5 Å². The van der Waals surface area contributed by atoms with E-state index in [1.807, 2.05) is 51.1 Å². The molecule has 168 valence electrons. The number of ether oxygens (including phenoxy) is 1. The standard InChI is InChI=1S/C25H28N2O4S/c1-4-31-24-11-6-5-9-21(24)17-26-25(28)18-27(22-10-7-8-20(3)16-22)32(29,30)23-14-12-19(2)13-15-23/h5-16H,4,17-18H2,1-3H3,(H,26,28). The molecule has 0 aliphatic heterocycles. The van der Waals surface area contributed by atoms with E-state index in [2.05, 4.69) is 5.32 Å². The first-order valence-electron chi connectivity index (χ1n) is 10.4. The Morgan fingerprint density at radius 2 is 1.66 bits per heavy atom. The van der Waals surface area contributed by atoms with Crippen LogP contribution in [0.4, 0.5) is 5.69 Å². The van der Waals surface area contributed by atoms with Gasteiger partial charge in [-0.2, -0.15) is 0 Å². The third-order valence-electron chi connectivity index (χ3n) is 4.93. The van der Waals surface area contributed by atoms with Crippen molar-refractivity contribution in [1.29, 1.82) is 0 Å². The van der Waals surface area contributed by atoms with Crippen molar-refractivity contribution in [2.24, 2.45) is 0 Å². The van der Waals surface area contributed by atoms with Gasteiger partial charge in [0.2, 0.25) is 5.91 Å². The highest BCUT2D eigenvalue weighted by molar-refractivity contribution is 7.92. The number of anilines is 1. The fourth-order valence-electron chi connectivity index (χ4n) is 3.26. The fraction of sp³-hybridized carbons (Fsp3) is 0.240. The number of sulfonamides is 1. The second-order valence-electron chi connectivity index (χ2n) is 7.48. The molecule has 0 radical (unpaired) electrons. The van der Waals surface area contributed by atoms with Crippen LogP contribution in [0.1, 0.15) is 23.6 Å². The van der Waals surface area contributed by atoms with Crippen molar-refractivity contribution in [2.75, 3.05) is 17.5 Å². The molecule has 0 bridgehead atoms. The Kier molecular flexibility index (Phi) is 7.53. The van der Waals surface area contributed by atoms with Gasteiger partial charge in [-0.25, -0.2) is 8.42 Å². The second-order valence-corrected chi connectivity index (χ2v) is 9.34. The lowest BCUT2D eigenvalue weighted by molar-refractivity contribution is -0.119. The fourth-order valence-corrected chi connectivity index (χ4v) is 4.67. The van der Waals surface area contributed by atoms with Crippen LogP contribution >= 0.6 is 0 Å². The Bertz CT molecular complexity index is 1170. The summed E-state index contributed by atoms with van der Waals surface area (Å²) in [5, 5.41) is 2.82. The van der Waals surface area contributed by atoms with Gasteiger partial charge < -0.3 is 10.1 Å². The van der Waals surface area contributed by atoms with Gasteiger partial charge in [0.05, 0.1) is 17.2 Å². The number of carbonyl (C=O) groups excluding carboxylic acids is 1. The molecule has 32 heavy (non-hydrogen) atoms. The highest BCUT2D eigenvalue weighted by Crippen LogP contribution is 2.25. The minimum atomic E-state index is -3.93. The molecule has 0 aliphatic carbocycles. The quantitative estimate of drug-likeness (QED) is 0.528. The van der Waals surface area contributed by atoms with E-state index in [1.165, 1.54) is 0 Å². The molecule has 0 unspecified atom stereocenters. The summed E-state index contributed by atoms with van der Waals surface area (Å²) < 4.78 is 33.6. The van der Waals surface area contributed by atoms with Gasteiger partial charge in [0, 0.05) is 12.1 Å². The number of rotatable bonds is 9. The Balaban J connectivity index is 1.85. The zero-order chi connectivity index (χ0) is 23.1. The summed E-state index contributed by atoms with van der Waals surface area (Å²) in [4.78, 5) is 13.0. The zero-order valence-corrected chi connectivity index (χ0v) is 19.4. The number of carbonyl (C=O) groups is 1. The van der Waals surface area contributed by atoms with Crippen LogP contribution in [0.3, 0.4) is 0 Å². The Morgan fingerprint density at radius 3 is 2.34 bits per heavy atom.